The molecule has 1 aromatic carbocycles. The van der Waals surface area contributed by atoms with Crippen LogP contribution >= 0.6 is 11.3 Å². The van der Waals surface area contributed by atoms with Gasteiger partial charge >= 0.3 is 0 Å². The van der Waals surface area contributed by atoms with Gasteiger partial charge in [-0.3, -0.25) is 0 Å². The van der Waals surface area contributed by atoms with E-state index in [4.69, 9.17) is 0 Å². The van der Waals surface area contributed by atoms with Gasteiger partial charge in [0.25, 0.3) is 0 Å². The van der Waals surface area contributed by atoms with Crippen LogP contribution in [-0.2, 0) is 6.42 Å². The van der Waals surface area contributed by atoms with E-state index < -0.39 is 0 Å². The number of nitrogens with zero attached hydrogens (tertiary/aromatic N) is 1. The van der Waals surface area contributed by atoms with E-state index in [2.05, 4.69) is 17.2 Å². The molecule has 1 fully saturated rings. The Balaban J connectivity index is 1.59. The van der Waals surface area contributed by atoms with Gasteiger partial charge in [0.2, 0.25) is 0 Å². The molecule has 2 atom stereocenters. The fourth-order valence-electron chi connectivity index (χ4n) is 3.32. The average molecular weight is 302 g/mol. The molecule has 0 spiro atoms. The Morgan fingerprint density at radius 2 is 2.19 bits per heavy atom. The molecule has 4 heteroatoms. The number of hydrogen-bond acceptors (Lipinski definition) is 3. The molecule has 0 saturated heterocycles. The predicted octanol–water partition coefficient (Wildman–Crippen LogP) is 4.32. The lowest BCUT2D eigenvalue weighted by Gasteiger charge is -2.22. The Morgan fingerprint density at radius 1 is 1.33 bits per heavy atom. The van der Waals surface area contributed by atoms with Gasteiger partial charge in [0.05, 0.1) is 6.04 Å². The molecule has 0 bridgehead atoms. The summed E-state index contributed by atoms with van der Waals surface area (Å²) in [6.07, 6.45) is 6.62. The number of hydrogen-bond donors (Lipinski definition) is 1. The lowest BCUT2D eigenvalue weighted by atomic mass is 10.1. The first-order valence-corrected chi connectivity index (χ1v) is 8.49. The van der Waals surface area contributed by atoms with Crippen LogP contribution < -0.4 is 5.32 Å². The third-order valence-corrected chi connectivity index (χ3v) is 5.56. The topological polar surface area (TPSA) is 24.9 Å². The number of fused-ring (bicyclic) bond motifs is 1. The van der Waals surface area contributed by atoms with Gasteiger partial charge in [0.15, 0.2) is 0 Å². The Bertz CT molecular complexity index is 663. The van der Waals surface area contributed by atoms with Crippen molar-refractivity contribution in [2.45, 2.75) is 44.7 Å². The third-order valence-electron chi connectivity index (χ3n) is 4.57. The molecule has 4 rings (SSSR count). The van der Waals surface area contributed by atoms with Gasteiger partial charge in [-0.25, -0.2) is 9.37 Å². The molecule has 0 radical (unpaired) electrons. The van der Waals surface area contributed by atoms with Crippen LogP contribution in [0.2, 0.25) is 0 Å². The number of nitrogens with one attached hydrogen (secondary N) is 1. The highest BCUT2D eigenvalue weighted by Gasteiger charge is 2.36. The van der Waals surface area contributed by atoms with Gasteiger partial charge in [-0.05, 0) is 61.8 Å². The number of thiazole rings is 1. The molecule has 1 heterocycles. The van der Waals surface area contributed by atoms with E-state index in [0.717, 1.165) is 18.4 Å². The zero-order valence-electron chi connectivity index (χ0n) is 12.1. The minimum atomic E-state index is -0.129. The van der Waals surface area contributed by atoms with Crippen molar-refractivity contribution in [3.8, 4) is 0 Å². The van der Waals surface area contributed by atoms with Crippen LogP contribution in [0, 0.1) is 18.7 Å². The van der Waals surface area contributed by atoms with Crippen molar-refractivity contribution in [1.29, 1.82) is 0 Å². The smallest absolute Gasteiger partial charge is 0.123 e. The maximum Gasteiger partial charge on any atom is 0.123 e. The van der Waals surface area contributed by atoms with Crippen LogP contribution in [0.1, 0.15) is 52.4 Å². The van der Waals surface area contributed by atoms with Crippen LogP contribution in [-0.4, -0.2) is 4.98 Å². The highest BCUT2D eigenvalue weighted by Crippen LogP contribution is 2.44. The molecule has 1 N–H and O–H groups in total. The molecule has 21 heavy (non-hydrogen) atoms. The van der Waals surface area contributed by atoms with E-state index in [9.17, 15) is 4.39 Å². The second kappa shape index (κ2) is 5.18. The zero-order valence-corrected chi connectivity index (χ0v) is 12.9. The van der Waals surface area contributed by atoms with E-state index >= 15 is 0 Å². The number of rotatable bonds is 4. The van der Waals surface area contributed by atoms with Gasteiger partial charge in [-0.1, -0.05) is 6.07 Å². The fourth-order valence-corrected chi connectivity index (χ4v) is 4.25. The van der Waals surface area contributed by atoms with Crippen LogP contribution in [0.5, 0.6) is 0 Å². The lowest BCUT2D eigenvalue weighted by Crippen LogP contribution is -2.26. The molecule has 110 valence electrons. The van der Waals surface area contributed by atoms with E-state index in [-0.39, 0.29) is 11.9 Å². The van der Waals surface area contributed by atoms with Crippen LogP contribution in [0.15, 0.2) is 24.4 Å². The van der Waals surface area contributed by atoms with Crippen LogP contribution in [0.3, 0.4) is 0 Å². The molecule has 2 nitrogen and oxygen atoms in total. The van der Waals surface area contributed by atoms with Crippen molar-refractivity contribution in [2.75, 3.05) is 0 Å². The van der Waals surface area contributed by atoms with E-state index in [0.29, 0.717) is 12.0 Å². The van der Waals surface area contributed by atoms with E-state index in [1.165, 1.54) is 28.3 Å². The standard InChI is InChI=1S/C17H19FN2S/c1-10-9-19-17(21-10)16(12-2-3-12)20-15-7-5-11-4-6-13(18)8-14(11)15/h4,6,8-9,12,15-16,20H,2-3,5,7H2,1H3. The predicted molar refractivity (Wildman–Crippen MR) is 82.9 cm³/mol. The zero-order chi connectivity index (χ0) is 14.4. The summed E-state index contributed by atoms with van der Waals surface area (Å²) in [6.45, 7) is 2.10. The van der Waals surface area contributed by atoms with Gasteiger partial charge < -0.3 is 5.32 Å². The molecule has 0 amide bonds. The Kier molecular flexibility index (Phi) is 3.31. The molecular formula is C17H19FN2S. The quantitative estimate of drug-likeness (QED) is 0.910. The maximum absolute atomic E-state index is 13.5. The third kappa shape index (κ3) is 2.62. The fraction of sp³-hybridized carbons (Fsp3) is 0.471. The van der Waals surface area contributed by atoms with Gasteiger partial charge in [0.1, 0.15) is 10.8 Å². The summed E-state index contributed by atoms with van der Waals surface area (Å²) in [6, 6.07) is 5.82. The molecule has 2 aliphatic rings. The minimum absolute atomic E-state index is 0.129. The number of aromatic nitrogens is 1. The molecule has 2 unspecified atom stereocenters. The van der Waals surface area contributed by atoms with Crippen molar-refractivity contribution in [3.05, 3.63) is 51.2 Å². The molecular weight excluding hydrogens is 283 g/mol. The van der Waals surface area contributed by atoms with Crippen molar-refractivity contribution >= 4 is 11.3 Å². The summed E-state index contributed by atoms with van der Waals surface area (Å²) >= 11 is 1.78. The SMILES string of the molecule is Cc1cnc(C(NC2CCc3ccc(F)cc32)C2CC2)s1. The summed E-state index contributed by atoms with van der Waals surface area (Å²) in [5.74, 6) is 0.573. The van der Waals surface area contributed by atoms with E-state index in [1.54, 1.807) is 23.5 Å². The van der Waals surface area contributed by atoms with Crippen LogP contribution in [0.4, 0.5) is 4.39 Å². The Morgan fingerprint density at radius 3 is 2.90 bits per heavy atom. The van der Waals surface area contributed by atoms with Crippen LogP contribution in [0.25, 0.3) is 0 Å². The monoisotopic (exact) mass is 302 g/mol. The summed E-state index contributed by atoms with van der Waals surface area (Å²) < 4.78 is 13.5. The molecule has 0 aliphatic heterocycles. The number of benzene rings is 1. The van der Waals surface area contributed by atoms with Gasteiger partial charge in [-0.15, -0.1) is 11.3 Å². The lowest BCUT2D eigenvalue weighted by molar-refractivity contribution is 0.406. The first-order valence-electron chi connectivity index (χ1n) is 7.67. The second-order valence-electron chi connectivity index (χ2n) is 6.23. The van der Waals surface area contributed by atoms with E-state index in [1.807, 2.05) is 12.3 Å². The number of halogens is 1. The molecule has 1 aromatic heterocycles. The van der Waals surface area contributed by atoms with Gasteiger partial charge in [0, 0.05) is 17.1 Å². The molecule has 2 aromatic rings. The highest BCUT2D eigenvalue weighted by atomic mass is 32.1. The average Bonchev–Trinajstić information content (AvgIpc) is 3.10. The Labute approximate surface area is 128 Å². The first kappa shape index (κ1) is 13.4. The number of aryl methyl sites for hydroxylation is 2. The Hall–Kier alpha value is -1.26. The summed E-state index contributed by atoms with van der Waals surface area (Å²) in [7, 11) is 0. The second-order valence-corrected chi connectivity index (χ2v) is 7.49. The van der Waals surface area contributed by atoms with Crippen molar-refractivity contribution < 1.29 is 4.39 Å². The largest absolute Gasteiger partial charge is 0.301 e. The summed E-state index contributed by atoms with van der Waals surface area (Å²) in [5, 5.41) is 4.97. The molecule has 2 aliphatic carbocycles. The summed E-state index contributed by atoms with van der Waals surface area (Å²) in [4.78, 5) is 5.83. The van der Waals surface area contributed by atoms with Crippen molar-refractivity contribution in [3.63, 3.8) is 0 Å². The molecule has 1 saturated carbocycles. The van der Waals surface area contributed by atoms with Gasteiger partial charge in [-0.2, -0.15) is 0 Å². The maximum atomic E-state index is 13.5. The summed E-state index contributed by atoms with van der Waals surface area (Å²) in [5.41, 5.74) is 2.44. The van der Waals surface area contributed by atoms with Crippen molar-refractivity contribution in [2.24, 2.45) is 5.92 Å². The highest BCUT2D eigenvalue weighted by molar-refractivity contribution is 7.11. The first-order chi connectivity index (χ1) is 10.2. The minimum Gasteiger partial charge on any atom is -0.301 e. The van der Waals surface area contributed by atoms with Crippen molar-refractivity contribution in [1.82, 2.24) is 10.3 Å². The normalized spacial score (nSPS) is 22.3.